The predicted octanol–water partition coefficient (Wildman–Crippen LogP) is 3.04. The lowest BCUT2D eigenvalue weighted by Crippen LogP contribution is -2.29. The van der Waals surface area contributed by atoms with Crippen molar-refractivity contribution in [3.63, 3.8) is 0 Å². The number of carbonyl (C=O) groups is 1. The van der Waals surface area contributed by atoms with Crippen molar-refractivity contribution < 1.29 is 4.79 Å². The van der Waals surface area contributed by atoms with Crippen molar-refractivity contribution in [2.24, 2.45) is 11.3 Å². The van der Waals surface area contributed by atoms with Crippen molar-refractivity contribution in [3.05, 3.63) is 0 Å². The van der Waals surface area contributed by atoms with E-state index in [-0.39, 0.29) is 5.41 Å². The van der Waals surface area contributed by atoms with Crippen molar-refractivity contribution in [1.82, 2.24) is 0 Å². The number of ketones is 1. The maximum atomic E-state index is 11.2. The van der Waals surface area contributed by atoms with Gasteiger partial charge >= 0.3 is 0 Å². The zero-order valence-corrected chi connectivity index (χ0v) is 8.40. The van der Waals surface area contributed by atoms with Gasteiger partial charge in [0.1, 0.15) is 5.78 Å². The van der Waals surface area contributed by atoms with E-state index in [1.54, 1.807) is 6.92 Å². The van der Waals surface area contributed by atoms with Gasteiger partial charge in [-0.25, -0.2) is 0 Å². The molecule has 0 spiro atoms. The lowest BCUT2D eigenvalue weighted by molar-refractivity contribution is -0.127. The molecule has 11 heavy (non-hydrogen) atoms. The second-order valence-corrected chi connectivity index (χ2v) is 3.97. The van der Waals surface area contributed by atoms with E-state index in [4.69, 9.17) is 0 Å². The monoisotopic (exact) mass is 156 g/mol. The fourth-order valence-corrected chi connectivity index (χ4v) is 1.14. The zero-order valence-electron chi connectivity index (χ0n) is 8.40. The maximum absolute atomic E-state index is 11.2. The Morgan fingerprint density at radius 2 is 1.91 bits per heavy atom. The molecule has 1 nitrogen and oxygen atoms in total. The molecule has 0 aliphatic heterocycles. The molecular weight excluding hydrogens is 136 g/mol. The first-order valence-corrected chi connectivity index (χ1v) is 4.44. The van der Waals surface area contributed by atoms with Crippen LogP contribution in [-0.2, 0) is 4.79 Å². The predicted molar refractivity (Wildman–Crippen MR) is 48.5 cm³/mol. The number of carbonyl (C=O) groups excluding carboxylic acids is 1. The Bertz CT molecular complexity index is 136. The van der Waals surface area contributed by atoms with Gasteiger partial charge in [0.05, 0.1) is 0 Å². The van der Waals surface area contributed by atoms with Gasteiger partial charge in [-0.3, -0.25) is 4.79 Å². The summed E-state index contributed by atoms with van der Waals surface area (Å²) in [6.45, 7) is 10.1. The summed E-state index contributed by atoms with van der Waals surface area (Å²) in [5, 5.41) is 0. The summed E-state index contributed by atoms with van der Waals surface area (Å²) in [5.74, 6) is 0.809. The summed E-state index contributed by atoms with van der Waals surface area (Å²) in [7, 11) is 0. The van der Waals surface area contributed by atoms with Crippen LogP contribution < -0.4 is 0 Å². The molecule has 0 N–H and O–H groups in total. The standard InChI is InChI=1S/C10H20O/c1-6-7-8(2)10(4,5)9(3)11/h8H,6-7H2,1-5H3/t8-/m0/s1. The van der Waals surface area contributed by atoms with Crippen LogP contribution in [0, 0.1) is 11.3 Å². The van der Waals surface area contributed by atoms with E-state index in [0.717, 1.165) is 12.8 Å². The van der Waals surface area contributed by atoms with Gasteiger partial charge in [0, 0.05) is 5.41 Å². The van der Waals surface area contributed by atoms with E-state index >= 15 is 0 Å². The molecule has 0 bridgehead atoms. The SMILES string of the molecule is CCC[C@H](C)C(C)(C)C(C)=O. The third kappa shape index (κ3) is 2.64. The lowest BCUT2D eigenvalue weighted by atomic mass is 9.75. The highest BCUT2D eigenvalue weighted by atomic mass is 16.1. The summed E-state index contributed by atoms with van der Waals surface area (Å²) in [4.78, 5) is 11.2. The summed E-state index contributed by atoms with van der Waals surface area (Å²) in [5.41, 5.74) is -0.129. The molecule has 0 fully saturated rings. The van der Waals surface area contributed by atoms with Crippen LogP contribution in [0.15, 0.2) is 0 Å². The molecule has 1 atom stereocenters. The Kier molecular flexibility index (Phi) is 3.77. The normalized spacial score (nSPS) is 14.6. The average molecular weight is 156 g/mol. The van der Waals surface area contributed by atoms with Crippen molar-refractivity contribution in [1.29, 1.82) is 0 Å². The first kappa shape index (κ1) is 10.7. The Hall–Kier alpha value is -0.330. The first-order valence-electron chi connectivity index (χ1n) is 4.44. The molecule has 0 radical (unpaired) electrons. The molecule has 0 saturated carbocycles. The topological polar surface area (TPSA) is 17.1 Å². The van der Waals surface area contributed by atoms with Crippen molar-refractivity contribution in [3.8, 4) is 0 Å². The molecule has 0 aromatic rings. The number of Topliss-reactive ketones (excluding diaryl/α,β-unsaturated/α-hetero) is 1. The van der Waals surface area contributed by atoms with Crippen LogP contribution in [0.25, 0.3) is 0 Å². The van der Waals surface area contributed by atoms with Gasteiger partial charge in [0.2, 0.25) is 0 Å². The molecule has 1 heteroatoms. The van der Waals surface area contributed by atoms with Crippen LogP contribution in [0.3, 0.4) is 0 Å². The van der Waals surface area contributed by atoms with E-state index in [9.17, 15) is 4.79 Å². The fraction of sp³-hybridized carbons (Fsp3) is 0.900. The van der Waals surface area contributed by atoms with Gasteiger partial charge in [-0.05, 0) is 12.8 Å². The number of hydrogen-bond acceptors (Lipinski definition) is 1. The molecule has 0 rings (SSSR count). The molecule has 0 aliphatic rings. The summed E-state index contributed by atoms with van der Waals surface area (Å²) in [6.07, 6.45) is 2.31. The maximum Gasteiger partial charge on any atom is 0.135 e. The van der Waals surface area contributed by atoms with E-state index in [1.165, 1.54) is 0 Å². The highest BCUT2D eigenvalue weighted by Gasteiger charge is 2.29. The molecule has 0 saturated heterocycles. The molecule has 66 valence electrons. The molecule has 0 amide bonds. The molecular formula is C10H20O. The summed E-state index contributed by atoms with van der Waals surface area (Å²) in [6, 6.07) is 0. The van der Waals surface area contributed by atoms with E-state index in [0.29, 0.717) is 11.7 Å². The minimum atomic E-state index is -0.129. The number of hydrogen-bond donors (Lipinski definition) is 0. The van der Waals surface area contributed by atoms with E-state index < -0.39 is 0 Å². The minimum absolute atomic E-state index is 0.129. The highest BCUT2D eigenvalue weighted by molar-refractivity contribution is 5.81. The van der Waals surface area contributed by atoms with Crippen LogP contribution in [-0.4, -0.2) is 5.78 Å². The zero-order chi connectivity index (χ0) is 9.07. The molecule has 0 aromatic carbocycles. The Morgan fingerprint density at radius 1 is 1.45 bits per heavy atom. The van der Waals surface area contributed by atoms with Gasteiger partial charge in [0.25, 0.3) is 0 Å². The van der Waals surface area contributed by atoms with Gasteiger partial charge in [-0.1, -0.05) is 40.5 Å². The average Bonchev–Trinajstić information content (AvgIpc) is 1.88. The quantitative estimate of drug-likeness (QED) is 0.611. The smallest absolute Gasteiger partial charge is 0.135 e. The van der Waals surface area contributed by atoms with Gasteiger partial charge in [-0.15, -0.1) is 0 Å². The first-order chi connectivity index (χ1) is 4.92. The molecule has 0 heterocycles. The van der Waals surface area contributed by atoms with Gasteiger partial charge in [-0.2, -0.15) is 0 Å². The van der Waals surface area contributed by atoms with Crippen LogP contribution in [0.2, 0.25) is 0 Å². The van der Waals surface area contributed by atoms with Crippen LogP contribution in [0.5, 0.6) is 0 Å². The molecule has 0 aromatic heterocycles. The van der Waals surface area contributed by atoms with Crippen molar-refractivity contribution >= 4 is 5.78 Å². The number of rotatable bonds is 4. The van der Waals surface area contributed by atoms with Gasteiger partial charge < -0.3 is 0 Å². The fourth-order valence-electron chi connectivity index (χ4n) is 1.14. The molecule has 0 aliphatic carbocycles. The highest BCUT2D eigenvalue weighted by Crippen LogP contribution is 2.30. The second-order valence-electron chi connectivity index (χ2n) is 3.97. The minimum Gasteiger partial charge on any atom is -0.299 e. The van der Waals surface area contributed by atoms with Crippen LogP contribution in [0.4, 0.5) is 0 Å². The van der Waals surface area contributed by atoms with Crippen LogP contribution >= 0.6 is 0 Å². The van der Waals surface area contributed by atoms with Gasteiger partial charge in [0.15, 0.2) is 0 Å². The largest absolute Gasteiger partial charge is 0.299 e. The summed E-state index contributed by atoms with van der Waals surface area (Å²) < 4.78 is 0. The Labute approximate surface area is 70.2 Å². The van der Waals surface area contributed by atoms with E-state index in [2.05, 4.69) is 13.8 Å². The van der Waals surface area contributed by atoms with E-state index in [1.807, 2.05) is 13.8 Å². The van der Waals surface area contributed by atoms with Crippen molar-refractivity contribution in [2.45, 2.75) is 47.5 Å². The molecule has 0 unspecified atom stereocenters. The summed E-state index contributed by atoms with van der Waals surface area (Å²) >= 11 is 0. The Balaban J connectivity index is 4.17. The second kappa shape index (κ2) is 3.89. The third-order valence-electron chi connectivity index (χ3n) is 2.86. The van der Waals surface area contributed by atoms with Crippen molar-refractivity contribution in [2.75, 3.05) is 0 Å². The third-order valence-corrected chi connectivity index (χ3v) is 2.86. The van der Waals surface area contributed by atoms with Crippen LogP contribution in [0.1, 0.15) is 47.5 Å². The lowest BCUT2D eigenvalue weighted by Gasteiger charge is -2.28. The Morgan fingerprint density at radius 3 is 2.18 bits per heavy atom.